The quantitative estimate of drug-likeness (QED) is 0.893. The third-order valence-corrected chi connectivity index (χ3v) is 4.02. The van der Waals surface area contributed by atoms with Crippen LogP contribution in [0.25, 0.3) is 10.9 Å². The van der Waals surface area contributed by atoms with E-state index in [1.807, 2.05) is 12.3 Å². The summed E-state index contributed by atoms with van der Waals surface area (Å²) in [5.74, 6) is 0. The van der Waals surface area contributed by atoms with Crippen molar-refractivity contribution in [2.24, 2.45) is 5.73 Å². The minimum atomic E-state index is 0.335. The van der Waals surface area contributed by atoms with E-state index in [0.717, 1.165) is 18.1 Å². The van der Waals surface area contributed by atoms with Gasteiger partial charge < -0.3 is 5.73 Å². The minimum absolute atomic E-state index is 0.335. The van der Waals surface area contributed by atoms with Crippen molar-refractivity contribution < 1.29 is 0 Å². The average Bonchev–Trinajstić information content (AvgIpc) is 3.28. The molecule has 0 radical (unpaired) electrons. The van der Waals surface area contributed by atoms with Gasteiger partial charge in [0.2, 0.25) is 0 Å². The lowest BCUT2D eigenvalue weighted by molar-refractivity contribution is 0.202. The predicted molar refractivity (Wildman–Crippen MR) is 78.9 cm³/mol. The Labute approximate surface area is 114 Å². The van der Waals surface area contributed by atoms with Crippen LogP contribution in [-0.2, 0) is 0 Å². The zero-order valence-corrected chi connectivity index (χ0v) is 11.4. The van der Waals surface area contributed by atoms with Gasteiger partial charge in [-0.25, -0.2) is 0 Å². The van der Waals surface area contributed by atoms with Gasteiger partial charge in [-0.3, -0.25) is 9.88 Å². The number of aromatic nitrogens is 1. The molecule has 3 nitrogen and oxygen atoms in total. The number of hydrogen-bond donors (Lipinski definition) is 1. The summed E-state index contributed by atoms with van der Waals surface area (Å²) in [6.07, 6.45) is 4.48. The highest BCUT2D eigenvalue weighted by Gasteiger charge is 2.32. The smallest absolute Gasteiger partial charge is 0.0702 e. The molecule has 1 aromatic heterocycles. The number of nitrogens with two attached hydrogens (primary N) is 1. The van der Waals surface area contributed by atoms with E-state index in [0.29, 0.717) is 12.6 Å². The van der Waals surface area contributed by atoms with Crippen LogP contribution >= 0.6 is 0 Å². The van der Waals surface area contributed by atoms with Gasteiger partial charge in [0.05, 0.1) is 5.52 Å². The number of fused-ring (bicyclic) bond motifs is 1. The number of hydrogen-bond acceptors (Lipinski definition) is 3. The maximum Gasteiger partial charge on any atom is 0.0702 e. The number of rotatable bonds is 5. The number of pyridine rings is 1. The molecule has 1 unspecified atom stereocenters. The van der Waals surface area contributed by atoms with Gasteiger partial charge in [0.15, 0.2) is 0 Å². The van der Waals surface area contributed by atoms with Crippen LogP contribution in [0.5, 0.6) is 0 Å². The molecule has 1 aliphatic rings. The monoisotopic (exact) mass is 255 g/mol. The predicted octanol–water partition coefficient (Wildman–Crippen LogP) is 2.72. The SMILES string of the molecule is CCN(C1CC1)C(CN)c1ccc2ncccc2c1. The molecule has 100 valence electrons. The summed E-state index contributed by atoms with van der Waals surface area (Å²) < 4.78 is 0. The number of benzene rings is 1. The molecule has 1 heterocycles. The van der Waals surface area contributed by atoms with E-state index < -0.39 is 0 Å². The van der Waals surface area contributed by atoms with Crippen LogP contribution in [0.1, 0.15) is 31.4 Å². The van der Waals surface area contributed by atoms with Crippen LogP contribution in [0.4, 0.5) is 0 Å². The summed E-state index contributed by atoms with van der Waals surface area (Å²) in [7, 11) is 0. The van der Waals surface area contributed by atoms with Crippen molar-refractivity contribution in [3.05, 3.63) is 42.1 Å². The molecule has 1 fully saturated rings. The largest absolute Gasteiger partial charge is 0.329 e. The van der Waals surface area contributed by atoms with E-state index >= 15 is 0 Å². The van der Waals surface area contributed by atoms with Gasteiger partial charge in [-0.1, -0.05) is 19.1 Å². The Balaban J connectivity index is 1.95. The van der Waals surface area contributed by atoms with Crippen molar-refractivity contribution in [3.8, 4) is 0 Å². The highest BCUT2D eigenvalue weighted by atomic mass is 15.2. The molecular formula is C16H21N3. The first-order valence-electron chi connectivity index (χ1n) is 7.14. The maximum atomic E-state index is 6.03. The molecule has 0 amide bonds. The Morgan fingerprint density at radius 2 is 2.21 bits per heavy atom. The van der Waals surface area contributed by atoms with Crippen LogP contribution in [0.15, 0.2) is 36.5 Å². The highest BCUT2D eigenvalue weighted by molar-refractivity contribution is 5.79. The Morgan fingerprint density at radius 1 is 1.37 bits per heavy atom. The lowest BCUT2D eigenvalue weighted by atomic mass is 10.0. The third-order valence-electron chi connectivity index (χ3n) is 4.02. The number of likely N-dealkylation sites (N-methyl/N-ethyl adjacent to an activating group) is 1. The van der Waals surface area contributed by atoms with Gasteiger partial charge in [-0.05, 0) is 43.1 Å². The molecule has 19 heavy (non-hydrogen) atoms. The van der Waals surface area contributed by atoms with Gasteiger partial charge in [-0.15, -0.1) is 0 Å². The van der Waals surface area contributed by atoms with Gasteiger partial charge in [0, 0.05) is 30.2 Å². The van der Waals surface area contributed by atoms with Crippen molar-refractivity contribution in [1.29, 1.82) is 0 Å². The zero-order chi connectivity index (χ0) is 13.2. The molecule has 0 aliphatic heterocycles. The van der Waals surface area contributed by atoms with E-state index in [1.54, 1.807) is 0 Å². The Hall–Kier alpha value is -1.45. The van der Waals surface area contributed by atoms with E-state index in [2.05, 4.69) is 41.1 Å². The molecule has 1 aromatic carbocycles. The fourth-order valence-corrected chi connectivity index (χ4v) is 2.90. The maximum absolute atomic E-state index is 6.03. The second-order valence-corrected chi connectivity index (χ2v) is 5.27. The summed E-state index contributed by atoms with van der Waals surface area (Å²) in [6, 6.07) is 11.7. The van der Waals surface area contributed by atoms with Crippen molar-refractivity contribution in [1.82, 2.24) is 9.88 Å². The Bertz CT molecular complexity index is 563. The highest BCUT2D eigenvalue weighted by Crippen LogP contribution is 2.34. The van der Waals surface area contributed by atoms with E-state index in [4.69, 9.17) is 5.73 Å². The molecule has 0 saturated heterocycles. The van der Waals surface area contributed by atoms with Crippen molar-refractivity contribution in [2.75, 3.05) is 13.1 Å². The Morgan fingerprint density at radius 3 is 2.89 bits per heavy atom. The van der Waals surface area contributed by atoms with Gasteiger partial charge in [0.25, 0.3) is 0 Å². The van der Waals surface area contributed by atoms with E-state index in [-0.39, 0.29) is 0 Å². The number of nitrogens with zero attached hydrogens (tertiary/aromatic N) is 2. The molecule has 0 spiro atoms. The molecule has 3 heteroatoms. The average molecular weight is 255 g/mol. The van der Waals surface area contributed by atoms with Crippen molar-refractivity contribution in [3.63, 3.8) is 0 Å². The second kappa shape index (κ2) is 5.27. The van der Waals surface area contributed by atoms with Crippen LogP contribution in [0.3, 0.4) is 0 Å². The molecule has 2 aromatic rings. The lowest BCUT2D eigenvalue weighted by Gasteiger charge is -2.30. The molecule has 2 N–H and O–H groups in total. The lowest BCUT2D eigenvalue weighted by Crippen LogP contribution is -2.35. The molecule has 1 saturated carbocycles. The second-order valence-electron chi connectivity index (χ2n) is 5.27. The van der Waals surface area contributed by atoms with Gasteiger partial charge in [0.1, 0.15) is 0 Å². The van der Waals surface area contributed by atoms with Crippen molar-refractivity contribution in [2.45, 2.75) is 31.8 Å². The summed E-state index contributed by atoms with van der Waals surface area (Å²) in [6.45, 7) is 3.97. The third kappa shape index (κ3) is 2.48. The van der Waals surface area contributed by atoms with E-state index in [9.17, 15) is 0 Å². The standard InChI is InChI=1S/C16H21N3/c1-2-19(14-6-7-14)16(11-17)13-5-8-15-12(10-13)4-3-9-18-15/h3-5,8-10,14,16H,2,6-7,11,17H2,1H3. The topological polar surface area (TPSA) is 42.1 Å². The molecule has 1 aliphatic carbocycles. The summed E-state index contributed by atoms with van der Waals surface area (Å²) in [5, 5.41) is 1.20. The normalized spacial score (nSPS) is 17.0. The van der Waals surface area contributed by atoms with Crippen LogP contribution in [0.2, 0.25) is 0 Å². The zero-order valence-electron chi connectivity index (χ0n) is 11.4. The molecule has 3 rings (SSSR count). The van der Waals surface area contributed by atoms with Gasteiger partial charge in [-0.2, -0.15) is 0 Å². The molecular weight excluding hydrogens is 234 g/mol. The van der Waals surface area contributed by atoms with Crippen LogP contribution in [0, 0.1) is 0 Å². The fraction of sp³-hybridized carbons (Fsp3) is 0.438. The minimum Gasteiger partial charge on any atom is -0.329 e. The summed E-state index contributed by atoms with van der Waals surface area (Å²) in [4.78, 5) is 6.91. The molecule has 0 bridgehead atoms. The van der Waals surface area contributed by atoms with Crippen LogP contribution < -0.4 is 5.73 Å². The van der Waals surface area contributed by atoms with Gasteiger partial charge >= 0.3 is 0 Å². The Kier molecular flexibility index (Phi) is 3.49. The van der Waals surface area contributed by atoms with Crippen molar-refractivity contribution >= 4 is 10.9 Å². The fourth-order valence-electron chi connectivity index (χ4n) is 2.90. The first-order valence-corrected chi connectivity index (χ1v) is 7.14. The van der Waals surface area contributed by atoms with Crippen LogP contribution in [-0.4, -0.2) is 29.0 Å². The first-order chi connectivity index (χ1) is 9.33. The summed E-state index contributed by atoms with van der Waals surface area (Å²) >= 11 is 0. The summed E-state index contributed by atoms with van der Waals surface area (Å²) in [5.41, 5.74) is 8.40. The van der Waals surface area contributed by atoms with E-state index in [1.165, 1.54) is 23.8 Å². The first kappa shape index (κ1) is 12.6. The molecule has 1 atom stereocenters.